The summed E-state index contributed by atoms with van der Waals surface area (Å²) in [7, 11) is 0. The third-order valence-electron chi connectivity index (χ3n) is 2.22. The van der Waals surface area contributed by atoms with Gasteiger partial charge in [-0.2, -0.15) is 15.0 Å². The summed E-state index contributed by atoms with van der Waals surface area (Å²) in [6.07, 6.45) is 0. The van der Waals surface area contributed by atoms with E-state index < -0.39 is 0 Å². The second-order valence-corrected chi connectivity index (χ2v) is 4.74. The molecule has 0 spiro atoms. The molecule has 0 unspecified atom stereocenters. The SMILES string of the molecule is Cc1ccccc1CSc1nc(N)nc(Cl)n1. The first-order chi connectivity index (χ1) is 8.15. The number of halogens is 1. The molecule has 17 heavy (non-hydrogen) atoms. The first-order valence-corrected chi connectivity index (χ1v) is 6.36. The van der Waals surface area contributed by atoms with E-state index in [4.69, 9.17) is 17.3 Å². The maximum Gasteiger partial charge on any atom is 0.228 e. The zero-order chi connectivity index (χ0) is 12.3. The minimum absolute atomic E-state index is 0.129. The fourth-order valence-electron chi connectivity index (χ4n) is 1.33. The third kappa shape index (κ3) is 3.31. The molecule has 6 heteroatoms. The van der Waals surface area contributed by atoms with Crippen LogP contribution in [0.3, 0.4) is 0 Å². The Labute approximate surface area is 109 Å². The average molecular weight is 267 g/mol. The van der Waals surface area contributed by atoms with E-state index in [1.807, 2.05) is 12.1 Å². The van der Waals surface area contributed by atoms with E-state index in [1.165, 1.54) is 22.9 Å². The average Bonchev–Trinajstić information content (AvgIpc) is 2.27. The fourth-order valence-corrected chi connectivity index (χ4v) is 2.46. The summed E-state index contributed by atoms with van der Waals surface area (Å²) < 4.78 is 0. The van der Waals surface area contributed by atoms with Gasteiger partial charge in [0.25, 0.3) is 0 Å². The Kier molecular flexibility index (Phi) is 3.81. The van der Waals surface area contributed by atoms with E-state index in [9.17, 15) is 0 Å². The Hall–Kier alpha value is -1.33. The normalized spacial score (nSPS) is 10.5. The maximum absolute atomic E-state index is 5.71. The summed E-state index contributed by atoms with van der Waals surface area (Å²) in [4.78, 5) is 11.7. The second kappa shape index (κ2) is 5.33. The second-order valence-electron chi connectivity index (χ2n) is 3.46. The topological polar surface area (TPSA) is 64.7 Å². The van der Waals surface area contributed by atoms with Crippen LogP contribution in [0.4, 0.5) is 5.95 Å². The highest BCUT2D eigenvalue weighted by atomic mass is 35.5. The fraction of sp³-hybridized carbons (Fsp3) is 0.182. The van der Waals surface area contributed by atoms with Crippen LogP contribution in [-0.2, 0) is 5.75 Å². The lowest BCUT2D eigenvalue weighted by atomic mass is 10.1. The van der Waals surface area contributed by atoms with Gasteiger partial charge >= 0.3 is 0 Å². The van der Waals surface area contributed by atoms with Crippen molar-refractivity contribution < 1.29 is 0 Å². The van der Waals surface area contributed by atoms with Crippen LogP contribution in [0.2, 0.25) is 5.28 Å². The Morgan fingerprint density at radius 1 is 1.24 bits per heavy atom. The van der Waals surface area contributed by atoms with Gasteiger partial charge in [-0.25, -0.2) is 0 Å². The van der Waals surface area contributed by atoms with Gasteiger partial charge in [0.05, 0.1) is 0 Å². The smallest absolute Gasteiger partial charge is 0.228 e. The van der Waals surface area contributed by atoms with Crippen molar-refractivity contribution >= 4 is 29.3 Å². The number of rotatable bonds is 3. The van der Waals surface area contributed by atoms with Crippen molar-refractivity contribution in [2.75, 3.05) is 5.73 Å². The Morgan fingerprint density at radius 3 is 2.71 bits per heavy atom. The zero-order valence-corrected chi connectivity index (χ0v) is 10.8. The van der Waals surface area contributed by atoms with Crippen molar-refractivity contribution in [3.63, 3.8) is 0 Å². The summed E-state index contributed by atoms with van der Waals surface area (Å²) in [6, 6.07) is 8.18. The molecule has 88 valence electrons. The van der Waals surface area contributed by atoms with Gasteiger partial charge in [0.15, 0.2) is 5.16 Å². The van der Waals surface area contributed by atoms with Crippen LogP contribution in [0, 0.1) is 6.92 Å². The predicted molar refractivity (Wildman–Crippen MR) is 70.0 cm³/mol. The Morgan fingerprint density at radius 2 is 2.00 bits per heavy atom. The first-order valence-electron chi connectivity index (χ1n) is 4.99. The minimum Gasteiger partial charge on any atom is -0.368 e. The molecular weight excluding hydrogens is 256 g/mol. The molecule has 0 saturated carbocycles. The van der Waals surface area contributed by atoms with Gasteiger partial charge in [0.1, 0.15) is 0 Å². The molecule has 0 radical (unpaired) electrons. The predicted octanol–water partition coefficient (Wildman–Crippen LogP) is 2.71. The lowest BCUT2D eigenvalue weighted by molar-refractivity contribution is 0.916. The van der Waals surface area contributed by atoms with Gasteiger partial charge in [-0.1, -0.05) is 36.0 Å². The van der Waals surface area contributed by atoms with Crippen molar-refractivity contribution in [2.24, 2.45) is 0 Å². The van der Waals surface area contributed by atoms with Crippen LogP contribution >= 0.6 is 23.4 Å². The molecule has 0 aliphatic heterocycles. The summed E-state index contributed by atoms with van der Waals surface area (Å²) in [5, 5.41) is 0.676. The molecule has 0 saturated heterocycles. The highest BCUT2D eigenvalue weighted by Gasteiger charge is 2.04. The number of thioether (sulfide) groups is 1. The van der Waals surface area contributed by atoms with Crippen LogP contribution in [0.15, 0.2) is 29.4 Å². The zero-order valence-electron chi connectivity index (χ0n) is 9.22. The highest BCUT2D eigenvalue weighted by molar-refractivity contribution is 7.98. The van der Waals surface area contributed by atoms with E-state index >= 15 is 0 Å². The molecule has 0 aliphatic carbocycles. The summed E-state index contributed by atoms with van der Waals surface area (Å²) in [5.74, 6) is 0.934. The van der Waals surface area contributed by atoms with Crippen molar-refractivity contribution in [2.45, 2.75) is 17.8 Å². The number of nitrogens with zero attached hydrogens (tertiary/aromatic N) is 3. The van der Waals surface area contributed by atoms with Crippen molar-refractivity contribution in [1.29, 1.82) is 0 Å². The third-order valence-corrected chi connectivity index (χ3v) is 3.29. The minimum atomic E-state index is 0.129. The van der Waals surface area contributed by atoms with Crippen LogP contribution in [0.5, 0.6) is 0 Å². The molecule has 0 amide bonds. The molecule has 4 nitrogen and oxygen atoms in total. The number of aromatic nitrogens is 3. The molecule has 1 aromatic carbocycles. The number of anilines is 1. The number of hydrogen-bond donors (Lipinski definition) is 1. The van der Waals surface area contributed by atoms with Gasteiger partial charge in [0, 0.05) is 5.75 Å². The maximum atomic E-state index is 5.71. The van der Waals surface area contributed by atoms with Crippen molar-refractivity contribution in [3.8, 4) is 0 Å². The summed E-state index contributed by atoms with van der Waals surface area (Å²) >= 11 is 7.20. The van der Waals surface area contributed by atoms with Crippen LogP contribution in [0.1, 0.15) is 11.1 Å². The molecule has 2 aromatic rings. The van der Waals surface area contributed by atoms with E-state index in [-0.39, 0.29) is 11.2 Å². The van der Waals surface area contributed by atoms with E-state index in [0.29, 0.717) is 5.16 Å². The number of nitrogen functional groups attached to an aromatic ring is 1. The van der Waals surface area contributed by atoms with E-state index in [0.717, 1.165) is 5.75 Å². The number of hydrogen-bond acceptors (Lipinski definition) is 5. The summed E-state index contributed by atoms with van der Waals surface area (Å²) in [6.45, 7) is 2.07. The van der Waals surface area contributed by atoms with Crippen molar-refractivity contribution in [3.05, 3.63) is 40.7 Å². The van der Waals surface area contributed by atoms with Gasteiger partial charge in [0.2, 0.25) is 11.2 Å². The number of nitrogens with two attached hydrogens (primary N) is 1. The lowest BCUT2D eigenvalue weighted by Crippen LogP contribution is -1.99. The van der Waals surface area contributed by atoms with Gasteiger partial charge < -0.3 is 5.73 Å². The standard InChI is InChI=1S/C11H11ClN4S/c1-7-4-2-3-5-8(7)6-17-11-15-9(12)14-10(13)16-11/h2-5H,6H2,1H3,(H2,13,14,15,16). The Bertz CT molecular complexity index is 512. The lowest BCUT2D eigenvalue weighted by Gasteiger charge is -2.04. The van der Waals surface area contributed by atoms with Crippen LogP contribution in [-0.4, -0.2) is 15.0 Å². The molecule has 1 heterocycles. The quantitative estimate of drug-likeness (QED) is 0.866. The molecule has 0 bridgehead atoms. The molecule has 2 N–H and O–H groups in total. The van der Waals surface area contributed by atoms with Crippen LogP contribution < -0.4 is 5.73 Å². The van der Waals surface area contributed by atoms with E-state index in [2.05, 4.69) is 34.0 Å². The first kappa shape index (κ1) is 12.1. The molecule has 1 aromatic heterocycles. The van der Waals surface area contributed by atoms with Gasteiger partial charge in [-0.3, -0.25) is 0 Å². The highest BCUT2D eigenvalue weighted by Crippen LogP contribution is 2.22. The monoisotopic (exact) mass is 266 g/mol. The van der Waals surface area contributed by atoms with Gasteiger partial charge in [-0.15, -0.1) is 0 Å². The number of benzene rings is 1. The van der Waals surface area contributed by atoms with Crippen LogP contribution in [0.25, 0.3) is 0 Å². The molecule has 0 aliphatic rings. The van der Waals surface area contributed by atoms with E-state index in [1.54, 1.807) is 0 Å². The molecular formula is C11H11ClN4S. The molecule has 0 fully saturated rings. The Balaban J connectivity index is 2.10. The summed E-state index contributed by atoms with van der Waals surface area (Å²) in [5.41, 5.74) is 7.99. The largest absolute Gasteiger partial charge is 0.368 e. The van der Waals surface area contributed by atoms with Crippen molar-refractivity contribution in [1.82, 2.24) is 15.0 Å². The van der Waals surface area contributed by atoms with Gasteiger partial charge in [-0.05, 0) is 29.7 Å². The number of aryl methyl sites for hydroxylation is 1. The molecule has 0 atom stereocenters. The molecule has 2 rings (SSSR count).